The van der Waals surface area contributed by atoms with Crippen LogP contribution >= 0.6 is 0 Å². The summed E-state index contributed by atoms with van der Waals surface area (Å²) >= 11 is 0. The summed E-state index contributed by atoms with van der Waals surface area (Å²) in [6, 6.07) is 19.5. The summed E-state index contributed by atoms with van der Waals surface area (Å²) < 4.78 is 43.8. The van der Waals surface area contributed by atoms with Crippen molar-refractivity contribution in [2.45, 2.75) is 4.90 Å². The number of carbonyl (C=O) groups excluding carboxylic acids is 1. The Balaban J connectivity index is 1.81. The number of rotatable bonds is 12. The Morgan fingerprint density at radius 2 is 1.69 bits per heavy atom. The molecule has 0 atom stereocenters. The fourth-order valence-corrected chi connectivity index (χ4v) is 4.60. The Kier molecular flexibility index (Phi) is 9.07. The third-order valence-electron chi connectivity index (χ3n) is 4.92. The van der Waals surface area contributed by atoms with Crippen LogP contribution in [-0.4, -0.2) is 47.9 Å². The average Bonchev–Trinajstić information content (AvgIpc) is 2.91. The van der Waals surface area contributed by atoms with Gasteiger partial charge in [-0.15, -0.1) is 0 Å². The standard InChI is InChI=1S/C26H27N3O6S/c1-4-16-35-22-13-10-20(11-14-22)18-27-28-26(30)19-29(36(31,32)23-8-6-5-7-9-23)21-12-15-24(33-2)25(17-21)34-3/h4-15,17-18H,1,16,19H2,2-3H3,(H,28,30)/b27-18-. The second-order valence-corrected chi connectivity index (χ2v) is 9.19. The SMILES string of the molecule is C=CCOc1ccc(/C=N\NC(=O)CN(c2ccc(OC)c(OC)c2)S(=O)(=O)c2ccccc2)cc1. The predicted octanol–water partition coefficient (Wildman–Crippen LogP) is 3.61. The highest BCUT2D eigenvalue weighted by Crippen LogP contribution is 2.33. The molecule has 10 heteroatoms. The van der Waals surface area contributed by atoms with E-state index in [0.29, 0.717) is 23.9 Å². The summed E-state index contributed by atoms with van der Waals surface area (Å²) in [7, 11) is -1.16. The van der Waals surface area contributed by atoms with Gasteiger partial charge in [-0.1, -0.05) is 30.9 Å². The van der Waals surface area contributed by atoms with Gasteiger partial charge in [0.1, 0.15) is 18.9 Å². The smallest absolute Gasteiger partial charge is 0.264 e. The van der Waals surface area contributed by atoms with E-state index in [-0.39, 0.29) is 10.6 Å². The lowest BCUT2D eigenvalue weighted by molar-refractivity contribution is -0.119. The van der Waals surface area contributed by atoms with Gasteiger partial charge in [0.2, 0.25) is 0 Å². The number of carbonyl (C=O) groups is 1. The molecule has 0 heterocycles. The number of methoxy groups -OCH3 is 2. The maximum absolute atomic E-state index is 13.4. The molecule has 0 aromatic heterocycles. The first kappa shape index (κ1) is 26.3. The van der Waals surface area contributed by atoms with E-state index in [2.05, 4.69) is 17.1 Å². The Hall–Kier alpha value is -4.31. The molecule has 0 saturated carbocycles. The molecule has 188 valence electrons. The molecule has 0 fully saturated rings. The van der Waals surface area contributed by atoms with Crippen LogP contribution in [0.3, 0.4) is 0 Å². The maximum Gasteiger partial charge on any atom is 0.264 e. The number of amides is 1. The molecule has 3 aromatic carbocycles. The second kappa shape index (κ2) is 12.4. The topological polar surface area (TPSA) is 107 Å². The predicted molar refractivity (Wildman–Crippen MR) is 138 cm³/mol. The highest BCUT2D eigenvalue weighted by atomic mass is 32.2. The number of nitrogens with one attached hydrogen (secondary N) is 1. The largest absolute Gasteiger partial charge is 0.493 e. The monoisotopic (exact) mass is 509 g/mol. The van der Waals surface area contributed by atoms with Crippen LogP contribution in [0, 0.1) is 0 Å². The van der Waals surface area contributed by atoms with Crippen LogP contribution in [0.15, 0.2) is 95.4 Å². The number of nitrogens with zero attached hydrogens (tertiary/aromatic N) is 2. The number of hydrogen-bond donors (Lipinski definition) is 1. The molecule has 0 radical (unpaired) electrons. The minimum atomic E-state index is -4.08. The van der Waals surface area contributed by atoms with E-state index in [4.69, 9.17) is 14.2 Å². The summed E-state index contributed by atoms with van der Waals surface area (Å²) in [6.07, 6.45) is 3.09. The van der Waals surface area contributed by atoms with Crippen molar-refractivity contribution in [2.75, 3.05) is 31.7 Å². The molecule has 0 aliphatic carbocycles. The van der Waals surface area contributed by atoms with Crippen LogP contribution in [0.4, 0.5) is 5.69 Å². The van der Waals surface area contributed by atoms with Gasteiger partial charge in [0.05, 0.1) is 31.0 Å². The van der Waals surface area contributed by atoms with Crippen LogP contribution in [0.1, 0.15) is 5.56 Å². The quantitative estimate of drug-likeness (QED) is 0.227. The first-order valence-corrected chi connectivity index (χ1v) is 12.3. The first-order valence-electron chi connectivity index (χ1n) is 10.8. The van der Waals surface area contributed by atoms with Crippen molar-refractivity contribution in [3.63, 3.8) is 0 Å². The van der Waals surface area contributed by atoms with Gasteiger partial charge in [0, 0.05) is 6.07 Å². The number of anilines is 1. The molecule has 0 bridgehead atoms. The molecule has 1 N–H and O–H groups in total. The Labute approximate surface area is 210 Å². The van der Waals surface area contributed by atoms with Crippen LogP contribution < -0.4 is 23.9 Å². The van der Waals surface area contributed by atoms with E-state index in [1.807, 2.05) is 0 Å². The minimum absolute atomic E-state index is 0.0369. The highest BCUT2D eigenvalue weighted by molar-refractivity contribution is 7.92. The molecule has 9 nitrogen and oxygen atoms in total. The third kappa shape index (κ3) is 6.63. The molecule has 0 saturated heterocycles. The fourth-order valence-electron chi connectivity index (χ4n) is 3.16. The zero-order chi connectivity index (χ0) is 26.0. The van der Waals surface area contributed by atoms with Crippen molar-refractivity contribution in [3.05, 3.63) is 91.0 Å². The lowest BCUT2D eigenvalue weighted by atomic mass is 10.2. The average molecular weight is 510 g/mol. The summed E-state index contributed by atoms with van der Waals surface area (Å²) in [5.74, 6) is 0.787. The van der Waals surface area contributed by atoms with Gasteiger partial charge >= 0.3 is 0 Å². The molecule has 1 amide bonds. The van der Waals surface area contributed by atoms with Crippen molar-refractivity contribution in [1.82, 2.24) is 5.43 Å². The summed E-state index contributed by atoms with van der Waals surface area (Å²) in [5.41, 5.74) is 3.32. The van der Waals surface area contributed by atoms with Gasteiger partial charge < -0.3 is 14.2 Å². The number of ether oxygens (including phenoxy) is 3. The molecule has 36 heavy (non-hydrogen) atoms. The molecular weight excluding hydrogens is 482 g/mol. The number of hydrogen-bond acceptors (Lipinski definition) is 7. The van der Waals surface area contributed by atoms with E-state index in [9.17, 15) is 13.2 Å². The van der Waals surface area contributed by atoms with Crippen molar-refractivity contribution < 1.29 is 27.4 Å². The summed E-state index contributed by atoms with van der Waals surface area (Å²) in [4.78, 5) is 12.8. The van der Waals surface area contributed by atoms with E-state index >= 15 is 0 Å². The van der Waals surface area contributed by atoms with Crippen LogP contribution in [0.2, 0.25) is 0 Å². The van der Waals surface area contributed by atoms with Gasteiger partial charge in [-0.2, -0.15) is 5.10 Å². The zero-order valence-corrected chi connectivity index (χ0v) is 20.8. The molecule has 0 aliphatic rings. The molecule has 0 unspecified atom stereocenters. The van der Waals surface area contributed by atoms with Gasteiger partial charge in [-0.25, -0.2) is 13.8 Å². The number of sulfonamides is 1. The highest BCUT2D eigenvalue weighted by Gasteiger charge is 2.28. The Bertz CT molecular complexity index is 1310. The number of hydrazone groups is 1. The molecular formula is C26H27N3O6S. The van der Waals surface area contributed by atoms with Gasteiger partial charge in [0.15, 0.2) is 11.5 Å². The fraction of sp³-hybridized carbons (Fsp3) is 0.154. The van der Waals surface area contributed by atoms with Gasteiger partial charge in [-0.3, -0.25) is 9.10 Å². The molecule has 0 spiro atoms. The molecule has 3 aromatic rings. The van der Waals surface area contributed by atoms with Crippen molar-refractivity contribution in [3.8, 4) is 17.2 Å². The summed E-state index contributed by atoms with van der Waals surface area (Å²) in [6.45, 7) is 3.48. The minimum Gasteiger partial charge on any atom is -0.493 e. The van der Waals surface area contributed by atoms with E-state index in [1.54, 1.807) is 54.6 Å². The van der Waals surface area contributed by atoms with Crippen molar-refractivity contribution >= 4 is 27.8 Å². The number of benzene rings is 3. The Morgan fingerprint density at radius 1 is 1.00 bits per heavy atom. The van der Waals surface area contributed by atoms with Crippen LogP contribution in [0.25, 0.3) is 0 Å². The molecule has 0 aliphatic heterocycles. The van der Waals surface area contributed by atoms with Crippen molar-refractivity contribution in [1.29, 1.82) is 0 Å². The third-order valence-corrected chi connectivity index (χ3v) is 6.71. The van der Waals surface area contributed by atoms with Crippen LogP contribution in [-0.2, 0) is 14.8 Å². The molecule has 3 rings (SSSR count). The van der Waals surface area contributed by atoms with E-state index in [0.717, 1.165) is 9.87 Å². The van der Waals surface area contributed by atoms with Gasteiger partial charge in [-0.05, 0) is 54.1 Å². The normalized spacial score (nSPS) is 11.1. The lowest BCUT2D eigenvalue weighted by Gasteiger charge is -2.24. The zero-order valence-electron chi connectivity index (χ0n) is 20.0. The van der Waals surface area contributed by atoms with Crippen LogP contribution in [0.5, 0.6) is 17.2 Å². The van der Waals surface area contributed by atoms with E-state index in [1.165, 1.54) is 44.7 Å². The second-order valence-electron chi connectivity index (χ2n) is 7.33. The van der Waals surface area contributed by atoms with Crippen molar-refractivity contribution in [2.24, 2.45) is 5.10 Å². The lowest BCUT2D eigenvalue weighted by Crippen LogP contribution is -2.39. The van der Waals surface area contributed by atoms with Gasteiger partial charge in [0.25, 0.3) is 15.9 Å². The Morgan fingerprint density at radius 3 is 2.33 bits per heavy atom. The summed E-state index contributed by atoms with van der Waals surface area (Å²) in [5, 5.41) is 3.95. The van der Waals surface area contributed by atoms with E-state index < -0.39 is 22.5 Å². The first-order chi connectivity index (χ1) is 17.4. The maximum atomic E-state index is 13.4.